The summed E-state index contributed by atoms with van der Waals surface area (Å²) < 4.78 is 36.8. The van der Waals surface area contributed by atoms with Crippen LogP contribution in [-0.2, 0) is 14.4 Å². The van der Waals surface area contributed by atoms with Crippen molar-refractivity contribution in [1.29, 1.82) is 0 Å². The van der Waals surface area contributed by atoms with Gasteiger partial charge in [-0.05, 0) is 12.3 Å². The number of aliphatic carboxylic acids is 1. The van der Waals surface area contributed by atoms with Gasteiger partial charge in [-0.2, -0.15) is 13.2 Å². The normalized spacial score (nSPS) is 12.9. The maximum atomic E-state index is 12.3. The van der Waals surface area contributed by atoms with Gasteiger partial charge in [0, 0.05) is 6.54 Å². The number of halogens is 3. The zero-order valence-electron chi connectivity index (χ0n) is 12.0. The number of carbonyl (C=O) groups is 3. The first-order valence-electron chi connectivity index (χ1n) is 6.39. The Morgan fingerprint density at radius 1 is 1.24 bits per heavy atom. The van der Waals surface area contributed by atoms with Gasteiger partial charge in [0.05, 0.1) is 0 Å². The van der Waals surface area contributed by atoms with Crippen molar-refractivity contribution < 1.29 is 32.7 Å². The number of rotatable bonds is 7. The topological polar surface area (TPSA) is 86.7 Å². The lowest BCUT2D eigenvalue weighted by atomic mass is 10.0. The highest BCUT2D eigenvalue weighted by Gasteiger charge is 2.42. The summed E-state index contributed by atoms with van der Waals surface area (Å²) in [6.45, 7) is 4.07. The largest absolute Gasteiger partial charge is 0.480 e. The predicted molar refractivity (Wildman–Crippen MR) is 67.3 cm³/mol. The van der Waals surface area contributed by atoms with Gasteiger partial charge in [0.15, 0.2) is 0 Å². The fraction of sp³-hybridized carbons (Fsp3) is 0.750. The van der Waals surface area contributed by atoms with Gasteiger partial charge in [0.25, 0.3) is 0 Å². The molecule has 0 spiro atoms. The lowest BCUT2D eigenvalue weighted by Gasteiger charge is -2.28. The first kappa shape index (κ1) is 19.2. The van der Waals surface area contributed by atoms with E-state index in [9.17, 15) is 27.6 Å². The van der Waals surface area contributed by atoms with Crippen LogP contribution in [0.15, 0.2) is 0 Å². The molecule has 0 bridgehead atoms. The van der Waals surface area contributed by atoms with Gasteiger partial charge in [0.1, 0.15) is 12.6 Å². The summed E-state index contributed by atoms with van der Waals surface area (Å²) in [5.74, 6) is -4.95. The quantitative estimate of drug-likeness (QED) is 0.734. The maximum Gasteiger partial charge on any atom is 0.471 e. The second kappa shape index (κ2) is 7.84. The van der Waals surface area contributed by atoms with Gasteiger partial charge < -0.3 is 15.3 Å². The van der Waals surface area contributed by atoms with E-state index in [0.717, 1.165) is 4.90 Å². The molecule has 0 radical (unpaired) electrons. The average molecular weight is 312 g/mol. The summed E-state index contributed by atoms with van der Waals surface area (Å²) in [4.78, 5) is 34.7. The third-order valence-corrected chi connectivity index (χ3v) is 2.61. The molecule has 0 aromatic carbocycles. The van der Waals surface area contributed by atoms with Crippen molar-refractivity contribution in [2.75, 3.05) is 13.1 Å². The third-order valence-electron chi connectivity index (χ3n) is 2.61. The van der Waals surface area contributed by atoms with E-state index in [-0.39, 0.29) is 6.54 Å². The smallest absolute Gasteiger partial charge is 0.471 e. The summed E-state index contributed by atoms with van der Waals surface area (Å²) in [7, 11) is 0. The van der Waals surface area contributed by atoms with Gasteiger partial charge >= 0.3 is 18.1 Å². The molecule has 9 heteroatoms. The standard InChI is InChI=1S/C12H19F3N2O4/c1-4-5-17(6-8(18)19)10(20)9(7(2)3)16-11(21)12(13,14)15/h7,9H,4-6H2,1-3H3,(H,16,21)(H,18,19)/t9-/m0/s1. The Bertz CT molecular complexity index is 396. The summed E-state index contributed by atoms with van der Waals surface area (Å²) in [6.07, 6.45) is -4.66. The van der Waals surface area contributed by atoms with E-state index in [1.807, 2.05) is 0 Å². The zero-order valence-corrected chi connectivity index (χ0v) is 12.0. The van der Waals surface area contributed by atoms with Crippen LogP contribution in [0.2, 0.25) is 0 Å². The SMILES string of the molecule is CCCN(CC(=O)O)C(=O)[C@@H](NC(=O)C(F)(F)F)C(C)C. The van der Waals surface area contributed by atoms with Crippen LogP contribution in [0.1, 0.15) is 27.2 Å². The Hall–Kier alpha value is -1.80. The summed E-state index contributed by atoms with van der Waals surface area (Å²) in [5.41, 5.74) is 0. The fourth-order valence-electron chi connectivity index (χ4n) is 1.63. The van der Waals surface area contributed by atoms with Crippen molar-refractivity contribution >= 4 is 17.8 Å². The summed E-state index contributed by atoms with van der Waals surface area (Å²) in [6, 6.07) is -1.43. The molecule has 2 N–H and O–H groups in total. The average Bonchev–Trinajstić information content (AvgIpc) is 2.32. The van der Waals surface area contributed by atoms with Crippen LogP contribution in [0.5, 0.6) is 0 Å². The lowest BCUT2D eigenvalue weighted by molar-refractivity contribution is -0.175. The molecule has 0 saturated heterocycles. The molecule has 2 amide bonds. The fourth-order valence-corrected chi connectivity index (χ4v) is 1.63. The van der Waals surface area contributed by atoms with Crippen molar-refractivity contribution in [2.24, 2.45) is 5.92 Å². The molecule has 21 heavy (non-hydrogen) atoms. The molecule has 0 aromatic heterocycles. The molecule has 0 unspecified atom stereocenters. The van der Waals surface area contributed by atoms with Crippen LogP contribution in [0, 0.1) is 5.92 Å². The van der Waals surface area contributed by atoms with Gasteiger partial charge in [-0.25, -0.2) is 0 Å². The molecule has 0 rings (SSSR count). The third kappa shape index (κ3) is 6.46. The van der Waals surface area contributed by atoms with Crippen molar-refractivity contribution in [3.63, 3.8) is 0 Å². The molecule has 6 nitrogen and oxygen atoms in total. The van der Waals surface area contributed by atoms with Gasteiger partial charge in [0.2, 0.25) is 5.91 Å². The summed E-state index contributed by atoms with van der Waals surface area (Å²) in [5, 5.41) is 10.3. The highest BCUT2D eigenvalue weighted by atomic mass is 19.4. The Morgan fingerprint density at radius 2 is 1.76 bits per heavy atom. The molecular formula is C12H19F3N2O4. The second-order valence-corrected chi connectivity index (χ2v) is 4.85. The molecule has 0 aliphatic rings. The number of nitrogens with zero attached hydrogens (tertiary/aromatic N) is 1. The monoisotopic (exact) mass is 312 g/mol. The van der Waals surface area contributed by atoms with Crippen molar-refractivity contribution in [3.8, 4) is 0 Å². The van der Waals surface area contributed by atoms with E-state index in [2.05, 4.69) is 0 Å². The molecule has 0 saturated carbocycles. The van der Waals surface area contributed by atoms with Crippen molar-refractivity contribution in [2.45, 2.75) is 39.4 Å². The Kier molecular flexibility index (Phi) is 7.17. The number of hydrogen-bond donors (Lipinski definition) is 2. The van der Waals surface area contributed by atoms with Crippen LogP contribution in [0.25, 0.3) is 0 Å². The van der Waals surface area contributed by atoms with Crippen LogP contribution in [-0.4, -0.2) is 53.1 Å². The minimum absolute atomic E-state index is 0.0796. The highest BCUT2D eigenvalue weighted by molar-refractivity contribution is 5.91. The number of alkyl halides is 3. The van der Waals surface area contributed by atoms with Gasteiger partial charge in [-0.3, -0.25) is 14.4 Å². The molecule has 0 aliphatic heterocycles. The van der Waals surface area contributed by atoms with E-state index in [4.69, 9.17) is 5.11 Å². The van der Waals surface area contributed by atoms with Crippen molar-refractivity contribution in [3.05, 3.63) is 0 Å². The Morgan fingerprint density at radius 3 is 2.10 bits per heavy atom. The maximum absolute atomic E-state index is 12.3. The number of carboxylic acid groups (broad SMARTS) is 1. The second-order valence-electron chi connectivity index (χ2n) is 4.85. The van der Waals surface area contributed by atoms with E-state index in [0.29, 0.717) is 6.42 Å². The number of amides is 2. The number of nitrogens with one attached hydrogen (secondary N) is 1. The van der Waals surface area contributed by atoms with E-state index < -0.39 is 42.5 Å². The zero-order chi connectivity index (χ0) is 16.8. The van der Waals surface area contributed by atoms with Crippen LogP contribution >= 0.6 is 0 Å². The molecule has 0 fully saturated rings. The molecule has 0 aliphatic carbocycles. The van der Waals surface area contributed by atoms with Crippen molar-refractivity contribution in [1.82, 2.24) is 10.2 Å². The Labute approximate surface area is 120 Å². The van der Waals surface area contributed by atoms with Gasteiger partial charge in [-0.15, -0.1) is 0 Å². The first-order valence-corrected chi connectivity index (χ1v) is 6.39. The van der Waals surface area contributed by atoms with E-state index in [1.54, 1.807) is 12.2 Å². The minimum atomic E-state index is -5.10. The highest BCUT2D eigenvalue weighted by Crippen LogP contribution is 2.16. The molecule has 122 valence electrons. The first-order chi connectivity index (χ1) is 9.50. The van der Waals surface area contributed by atoms with Crippen LogP contribution in [0.4, 0.5) is 13.2 Å². The van der Waals surface area contributed by atoms with E-state index >= 15 is 0 Å². The van der Waals surface area contributed by atoms with Crippen LogP contribution < -0.4 is 5.32 Å². The number of carboxylic acids is 1. The number of hydrogen-bond acceptors (Lipinski definition) is 3. The molecular weight excluding hydrogens is 293 g/mol. The minimum Gasteiger partial charge on any atom is -0.480 e. The van der Waals surface area contributed by atoms with Gasteiger partial charge in [-0.1, -0.05) is 20.8 Å². The number of carbonyl (C=O) groups excluding carboxylic acids is 2. The molecule has 0 heterocycles. The van der Waals surface area contributed by atoms with E-state index in [1.165, 1.54) is 13.8 Å². The molecule has 1 atom stereocenters. The summed E-state index contributed by atoms with van der Waals surface area (Å²) >= 11 is 0. The predicted octanol–water partition coefficient (Wildman–Crippen LogP) is 1.01. The molecule has 0 aromatic rings. The Balaban J connectivity index is 5.11. The lowest BCUT2D eigenvalue weighted by Crippen LogP contribution is -2.55. The van der Waals surface area contributed by atoms with Crippen LogP contribution in [0.3, 0.4) is 0 Å².